The van der Waals surface area contributed by atoms with Gasteiger partial charge in [0.15, 0.2) is 0 Å². The first-order chi connectivity index (χ1) is 4.81. The van der Waals surface area contributed by atoms with Crippen molar-refractivity contribution in [2.75, 3.05) is 20.3 Å². The first-order valence-electron chi connectivity index (χ1n) is 3.40. The van der Waals surface area contributed by atoms with Gasteiger partial charge in [-0.1, -0.05) is 0 Å². The van der Waals surface area contributed by atoms with Gasteiger partial charge in [-0.05, 0) is 6.92 Å². The van der Waals surface area contributed by atoms with E-state index in [-0.39, 0.29) is 0 Å². The van der Waals surface area contributed by atoms with Crippen molar-refractivity contribution >= 4 is 0 Å². The zero-order chi connectivity index (χ0) is 7.82. The molecule has 0 bridgehead atoms. The second-order valence-electron chi connectivity index (χ2n) is 2.22. The Bertz CT molecular complexity index is 109. The normalized spacial score (nSPS) is 12.5. The van der Waals surface area contributed by atoms with E-state index < -0.39 is 0 Å². The van der Waals surface area contributed by atoms with Crippen LogP contribution in [-0.2, 0) is 4.74 Å². The number of methoxy groups -OCH3 is 1. The number of nitrogens with one attached hydrogen (secondary N) is 1. The third-order valence-corrected chi connectivity index (χ3v) is 1.15. The van der Waals surface area contributed by atoms with Gasteiger partial charge in [-0.15, -0.1) is 0 Å². The Morgan fingerprint density at radius 3 is 2.90 bits per heavy atom. The third-order valence-electron chi connectivity index (χ3n) is 1.15. The van der Waals surface area contributed by atoms with Gasteiger partial charge in [0, 0.05) is 26.1 Å². The predicted octanol–water partition coefficient (Wildman–Crippen LogP) is 0.525. The summed E-state index contributed by atoms with van der Waals surface area (Å²) in [6, 6.07) is 2.41. The van der Waals surface area contributed by atoms with Gasteiger partial charge in [0.1, 0.15) is 0 Å². The highest BCUT2D eigenvalue weighted by atomic mass is 16.5. The SMILES string of the molecule is COC[C@H](C)NCCC#N. The van der Waals surface area contributed by atoms with Crippen molar-refractivity contribution in [3.05, 3.63) is 0 Å². The Morgan fingerprint density at radius 2 is 2.40 bits per heavy atom. The molecule has 0 amide bonds. The second kappa shape index (κ2) is 6.53. The molecule has 0 unspecified atom stereocenters. The summed E-state index contributed by atoms with van der Waals surface area (Å²) in [4.78, 5) is 0. The molecule has 0 fully saturated rings. The molecule has 1 atom stereocenters. The molecule has 0 aliphatic rings. The molecule has 0 spiro atoms. The van der Waals surface area contributed by atoms with Crippen molar-refractivity contribution < 1.29 is 4.74 Å². The minimum Gasteiger partial charge on any atom is -0.383 e. The Hall–Kier alpha value is -0.590. The summed E-state index contributed by atoms with van der Waals surface area (Å²) in [6.07, 6.45) is 0.564. The molecule has 0 rings (SSSR count). The molecule has 0 saturated carbocycles. The molecular weight excluding hydrogens is 128 g/mol. The van der Waals surface area contributed by atoms with Gasteiger partial charge in [-0.25, -0.2) is 0 Å². The van der Waals surface area contributed by atoms with E-state index in [9.17, 15) is 0 Å². The fraction of sp³-hybridized carbons (Fsp3) is 0.857. The van der Waals surface area contributed by atoms with E-state index in [1.165, 1.54) is 0 Å². The van der Waals surface area contributed by atoms with Crippen molar-refractivity contribution in [1.82, 2.24) is 5.32 Å². The quantitative estimate of drug-likeness (QED) is 0.569. The van der Waals surface area contributed by atoms with E-state index in [1.807, 2.05) is 6.92 Å². The third kappa shape index (κ3) is 5.54. The van der Waals surface area contributed by atoms with Crippen LogP contribution >= 0.6 is 0 Å². The molecule has 0 heterocycles. The molecule has 0 aromatic carbocycles. The van der Waals surface area contributed by atoms with E-state index in [0.717, 1.165) is 6.54 Å². The van der Waals surface area contributed by atoms with E-state index in [4.69, 9.17) is 10.00 Å². The molecular formula is C7H14N2O. The molecule has 3 nitrogen and oxygen atoms in total. The highest BCUT2D eigenvalue weighted by Crippen LogP contribution is 1.81. The maximum absolute atomic E-state index is 8.19. The summed E-state index contributed by atoms with van der Waals surface area (Å²) in [5, 5.41) is 11.3. The molecule has 0 aliphatic heterocycles. The topological polar surface area (TPSA) is 45.0 Å². The minimum absolute atomic E-state index is 0.346. The molecule has 0 radical (unpaired) electrons. The van der Waals surface area contributed by atoms with Crippen LogP contribution in [0, 0.1) is 11.3 Å². The molecule has 0 saturated heterocycles. The van der Waals surface area contributed by atoms with Gasteiger partial charge < -0.3 is 10.1 Å². The summed E-state index contributed by atoms with van der Waals surface area (Å²) in [5.74, 6) is 0. The summed E-state index contributed by atoms with van der Waals surface area (Å²) in [5.41, 5.74) is 0. The minimum atomic E-state index is 0.346. The van der Waals surface area contributed by atoms with Crippen LogP contribution in [0.25, 0.3) is 0 Å². The van der Waals surface area contributed by atoms with Gasteiger partial charge in [-0.3, -0.25) is 0 Å². The molecule has 10 heavy (non-hydrogen) atoms. The summed E-state index contributed by atoms with van der Waals surface area (Å²) in [7, 11) is 1.67. The van der Waals surface area contributed by atoms with E-state index in [0.29, 0.717) is 19.1 Å². The van der Waals surface area contributed by atoms with Gasteiger partial charge in [-0.2, -0.15) is 5.26 Å². The molecule has 3 heteroatoms. The molecule has 0 aromatic rings. The molecule has 1 N–H and O–H groups in total. The molecule has 0 aromatic heterocycles. The van der Waals surface area contributed by atoms with E-state index in [2.05, 4.69) is 11.4 Å². The van der Waals surface area contributed by atoms with Crippen LogP contribution in [0.2, 0.25) is 0 Å². The number of nitriles is 1. The maximum atomic E-state index is 8.19. The van der Waals surface area contributed by atoms with Crippen LogP contribution in [0.3, 0.4) is 0 Å². The van der Waals surface area contributed by atoms with Crippen LogP contribution in [0.5, 0.6) is 0 Å². The lowest BCUT2D eigenvalue weighted by atomic mass is 10.3. The lowest BCUT2D eigenvalue weighted by Crippen LogP contribution is -2.30. The van der Waals surface area contributed by atoms with Gasteiger partial charge in [0.25, 0.3) is 0 Å². The Labute approximate surface area is 62.0 Å². The first-order valence-corrected chi connectivity index (χ1v) is 3.40. The molecule has 58 valence electrons. The largest absolute Gasteiger partial charge is 0.383 e. The number of ether oxygens (including phenoxy) is 1. The highest BCUT2D eigenvalue weighted by molar-refractivity contribution is 4.71. The van der Waals surface area contributed by atoms with Crippen molar-refractivity contribution in [3.63, 3.8) is 0 Å². The molecule has 0 aliphatic carbocycles. The van der Waals surface area contributed by atoms with Gasteiger partial charge in [0.2, 0.25) is 0 Å². The van der Waals surface area contributed by atoms with Crippen LogP contribution in [0.4, 0.5) is 0 Å². The Kier molecular flexibility index (Phi) is 6.14. The van der Waals surface area contributed by atoms with E-state index >= 15 is 0 Å². The van der Waals surface area contributed by atoms with Crippen molar-refractivity contribution in [1.29, 1.82) is 5.26 Å². The lowest BCUT2D eigenvalue weighted by Gasteiger charge is -2.09. The number of rotatable bonds is 5. The smallest absolute Gasteiger partial charge is 0.0635 e. The summed E-state index contributed by atoms with van der Waals surface area (Å²) in [6.45, 7) is 3.48. The Balaban J connectivity index is 3.06. The first kappa shape index (κ1) is 9.41. The van der Waals surface area contributed by atoms with Crippen LogP contribution < -0.4 is 5.32 Å². The van der Waals surface area contributed by atoms with Gasteiger partial charge >= 0.3 is 0 Å². The standard InChI is InChI=1S/C7H14N2O/c1-7(6-10-2)9-5-3-4-8/h7,9H,3,5-6H2,1-2H3/t7-/m0/s1. The lowest BCUT2D eigenvalue weighted by molar-refractivity contribution is 0.172. The van der Waals surface area contributed by atoms with Crippen molar-refractivity contribution in [2.24, 2.45) is 0 Å². The Morgan fingerprint density at radius 1 is 1.70 bits per heavy atom. The number of hydrogen-bond donors (Lipinski definition) is 1. The zero-order valence-corrected chi connectivity index (χ0v) is 6.55. The zero-order valence-electron chi connectivity index (χ0n) is 6.55. The van der Waals surface area contributed by atoms with Crippen molar-refractivity contribution in [3.8, 4) is 6.07 Å². The van der Waals surface area contributed by atoms with Gasteiger partial charge in [0.05, 0.1) is 12.7 Å². The predicted molar refractivity (Wildman–Crippen MR) is 39.6 cm³/mol. The number of hydrogen-bond acceptors (Lipinski definition) is 3. The summed E-state index contributed by atoms with van der Waals surface area (Å²) >= 11 is 0. The van der Waals surface area contributed by atoms with Crippen LogP contribution in [-0.4, -0.2) is 26.3 Å². The average molecular weight is 142 g/mol. The fourth-order valence-corrected chi connectivity index (χ4v) is 0.683. The fourth-order valence-electron chi connectivity index (χ4n) is 0.683. The maximum Gasteiger partial charge on any atom is 0.0635 e. The highest BCUT2D eigenvalue weighted by Gasteiger charge is 1.96. The monoisotopic (exact) mass is 142 g/mol. The summed E-state index contributed by atoms with van der Waals surface area (Å²) < 4.78 is 4.89. The van der Waals surface area contributed by atoms with Crippen LogP contribution in [0.15, 0.2) is 0 Å². The van der Waals surface area contributed by atoms with E-state index in [1.54, 1.807) is 7.11 Å². The van der Waals surface area contributed by atoms with Crippen LogP contribution in [0.1, 0.15) is 13.3 Å². The van der Waals surface area contributed by atoms with Crippen molar-refractivity contribution in [2.45, 2.75) is 19.4 Å². The number of nitrogens with zero attached hydrogens (tertiary/aromatic N) is 1. The average Bonchev–Trinajstić information content (AvgIpc) is 1.89. The second-order valence-corrected chi connectivity index (χ2v) is 2.22.